The average Bonchev–Trinajstić information content (AvgIpc) is 2.37. The van der Waals surface area contributed by atoms with Gasteiger partial charge in [-0.3, -0.25) is 0 Å². The van der Waals surface area contributed by atoms with E-state index in [1.165, 1.54) is 10.6 Å². The molecule has 1 saturated heterocycles. The lowest BCUT2D eigenvalue weighted by Crippen LogP contribution is -2.58. The summed E-state index contributed by atoms with van der Waals surface area (Å²) in [5.41, 5.74) is 2.28. The molecule has 1 fully saturated rings. The molecule has 5 nitrogen and oxygen atoms in total. The zero-order valence-corrected chi connectivity index (χ0v) is 11.4. The Kier molecular flexibility index (Phi) is 2.81. The van der Waals surface area contributed by atoms with Crippen LogP contribution in [-0.4, -0.2) is 48.3 Å². The van der Waals surface area contributed by atoms with E-state index in [2.05, 4.69) is 38.3 Å². The number of hydrogen-bond donors (Lipinski definition) is 2. The van der Waals surface area contributed by atoms with Crippen molar-refractivity contribution >= 4 is 33.4 Å². The Bertz CT molecular complexity index is 494. The molecule has 18 heavy (non-hydrogen) atoms. The van der Waals surface area contributed by atoms with Crippen LogP contribution < -0.4 is 10.2 Å². The highest BCUT2D eigenvalue weighted by molar-refractivity contribution is 9.10. The molecule has 0 saturated carbocycles. The van der Waals surface area contributed by atoms with Crippen LogP contribution in [0.4, 0.5) is 16.2 Å². The number of amides is 1. The van der Waals surface area contributed by atoms with Crippen molar-refractivity contribution < 1.29 is 9.90 Å². The van der Waals surface area contributed by atoms with Crippen molar-refractivity contribution in [1.29, 1.82) is 0 Å². The summed E-state index contributed by atoms with van der Waals surface area (Å²) in [6.07, 6.45) is -0.823. The number of anilines is 2. The van der Waals surface area contributed by atoms with Crippen molar-refractivity contribution in [2.45, 2.75) is 6.04 Å². The minimum absolute atomic E-state index is 0.225. The third-order valence-electron chi connectivity index (χ3n) is 3.55. The third-order valence-corrected chi connectivity index (χ3v) is 4.04. The Balaban J connectivity index is 1.86. The Hall–Kier alpha value is -1.43. The molecule has 1 aromatic rings. The molecule has 1 aromatic carbocycles. The van der Waals surface area contributed by atoms with Crippen LogP contribution in [-0.2, 0) is 0 Å². The molecule has 2 N–H and O–H groups in total. The van der Waals surface area contributed by atoms with Crippen molar-refractivity contribution in [1.82, 2.24) is 4.90 Å². The van der Waals surface area contributed by atoms with E-state index in [1.54, 1.807) is 0 Å². The van der Waals surface area contributed by atoms with Crippen molar-refractivity contribution in [2.75, 3.05) is 36.4 Å². The lowest BCUT2D eigenvalue weighted by atomic mass is 10.1. The first-order chi connectivity index (χ1) is 8.65. The van der Waals surface area contributed by atoms with E-state index in [1.807, 2.05) is 6.07 Å². The number of fused-ring (bicyclic) bond motifs is 3. The lowest BCUT2D eigenvalue weighted by molar-refractivity contribution is 0.135. The number of nitrogens with zero attached hydrogens (tertiary/aromatic N) is 2. The van der Waals surface area contributed by atoms with Gasteiger partial charge in [0.1, 0.15) is 0 Å². The molecule has 0 unspecified atom stereocenters. The predicted molar refractivity (Wildman–Crippen MR) is 73.4 cm³/mol. The fourth-order valence-corrected chi connectivity index (χ4v) is 3.01. The maximum atomic E-state index is 11.0. The zero-order chi connectivity index (χ0) is 12.7. The molecule has 3 rings (SSSR count). The van der Waals surface area contributed by atoms with Crippen molar-refractivity contribution in [3.05, 3.63) is 22.7 Å². The Morgan fingerprint density at radius 2 is 2.28 bits per heavy atom. The Labute approximate surface area is 114 Å². The second-order valence-electron chi connectivity index (χ2n) is 4.62. The van der Waals surface area contributed by atoms with Gasteiger partial charge in [-0.15, -0.1) is 0 Å². The number of hydrogen-bond acceptors (Lipinski definition) is 3. The number of halogens is 1. The SMILES string of the molecule is O=C(O)N1CCN2c3ccc(Br)cc3NC[C@@H]2C1. The maximum Gasteiger partial charge on any atom is 0.407 e. The summed E-state index contributed by atoms with van der Waals surface area (Å²) in [4.78, 5) is 14.8. The topological polar surface area (TPSA) is 55.8 Å². The number of piperazine rings is 1. The van der Waals surface area contributed by atoms with Gasteiger partial charge in [-0.25, -0.2) is 4.79 Å². The van der Waals surface area contributed by atoms with Gasteiger partial charge in [0.2, 0.25) is 0 Å². The van der Waals surface area contributed by atoms with Crippen LogP contribution in [0.5, 0.6) is 0 Å². The minimum atomic E-state index is -0.823. The first-order valence-electron chi connectivity index (χ1n) is 5.93. The second-order valence-corrected chi connectivity index (χ2v) is 5.53. The van der Waals surface area contributed by atoms with Crippen LogP contribution >= 0.6 is 15.9 Å². The fourth-order valence-electron chi connectivity index (χ4n) is 2.65. The van der Waals surface area contributed by atoms with Gasteiger partial charge in [-0.05, 0) is 18.2 Å². The largest absolute Gasteiger partial charge is 0.465 e. The first-order valence-corrected chi connectivity index (χ1v) is 6.72. The van der Waals surface area contributed by atoms with E-state index in [4.69, 9.17) is 5.11 Å². The maximum absolute atomic E-state index is 11.0. The summed E-state index contributed by atoms with van der Waals surface area (Å²) in [7, 11) is 0. The fraction of sp³-hybridized carbons (Fsp3) is 0.417. The normalized spacial score (nSPS) is 21.9. The van der Waals surface area contributed by atoms with E-state index >= 15 is 0 Å². The van der Waals surface area contributed by atoms with Gasteiger partial charge in [-0.2, -0.15) is 0 Å². The van der Waals surface area contributed by atoms with Gasteiger partial charge >= 0.3 is 6.09 Å². The van der Waals surface area contributed by atoms with Gasteiger partial charge < -0.3 is 20.2 Å². The van der Waals surface area contributed by atoms with E-state index in [9.17, 15) is 4.79 Å². The van der Waals surface area contributed by atoms with Gasteiger partial charge in [0.05, 0.1) is 17.4 Å². The number of rotatable bonds is 0. The van der Waals surface area contributed by atoms with E-state index in [0.717, 1.165) is 23.2 Å². The van der Waals surface area contributed by atoms with Crippen molar-refractivity contribution in [2.24, 2.45) is 0 Å². The molecule has 2 heterocycles. The zero-order valence-electron chi connectivity index (χ0n) is 9.77. The number of carbonyl (C=O) groups is 1. The summed E-state index contributed by atoms with van der Waals surface area (Å²) >= 11 is 3.46. The molecule has 0 spiro atoms. The molecule has 0 aliphatic carbocycles. The second kappa shape index (κ2) is 4.35. The van der Waals surface area contributed by atoms with E-state index < -0.39 is 6.09 Å². The van der Waals surface area contributed by atoms with Crippen LogP contribution in [0.1, 0.15) is 0 Å². The highest BCUT2D eigenvalue weighted by atomic mass is 79.9. The van der Waals surface area contributed by atoms with Crippen LogP contribution in [0, 0.1) is 0 Å². The predicted octanol–water partition coefficient (Wildman–Crippen LogP) is 2.04. The minimum Gasteiger partial charge on any atom is -0.465 e. The molecule has 0 bridgehead atoms. The molecular formula is C12H14BrN3O2. The highest BCUT2D eigenvalue weighted by Crippen LogP contribution is 2.34. The summed E-state index contributed by atoms with van der Waals surface area (Å²) in [5.74, 6) is 0. The summed E-state index contributed by atoms with van der Waals surface area (Å²) in [6, 6.07) is 6.39. The lowest BCUT2D eigenvalue weighted by Gasteiger charge is -2.45. The van der Waals surface area contributed by atoms with E-state index in [0.29, 0.717) is 13.1 Å². The summed E-state index contributed by atoms with van der Waals surface area (Å²) in [5, 5.41) is 12.4. The molecule has 96 valence electrons. The monoisotopic (exact) mass is 311 g/mol. The standard InChI is InChI=1S/C12H14BrN3O2/c13-8-1-2-11-10(5-8)14-6-9-7-15(12(17)18)3-4-16(9)11/h1-2,5,9,14H,3-4,6-7H2,(H,17,18)/t9-/m1/s1. The van der Waals surface area contributed by atoms with Crippen LogP contribution in [0.25, 0.3) is 0 Å². The molecule has 1 amide bonds. The van der Waals surface area contributed by atoms with E-state index in [-0.39, 0.29) is 6.04 Å². The van der Waals surface area contributed by atoms with Crippen LogP contribution in [0.15, 0.2) is 22.7 Å². The Morgan fingerprint density at radius 1 is 1.44 bits per heavy atom. The molecule has 0 radical (unpaired) electrons. The molecular weight excluding hydrogens is 298 g/mol. The van der Waals surface area contributed by atoms with Gasteiger partial charge in [0.25, 0.3) is 0 Å². The van der Waals surface area contributed by atoms with Gasteiger partial charge in [0.15, 0.2) is 0 Å². The van der Waals surface area contributed by atoms with Crippen LogP contribution in [0.3, 0.4) is 0 Å². The summed E-state index contributed by atoms with van der Waals surface area (Å²) < 4.78 is 1.05. The Morgan fingerprint density at radius 3 is 3.06 bits per heavy atom. The molecule has 2 aliphatic heterocycles. The molecule has 2 aliphatic rings. The molecule has 6 heteroatoms. The number of benzene rings is 1. The molecule has 0 aromatic heterocycles. The van der Waals surface area contributed by atoms with Crippen LogP contribution in [0.2, 0.25) is 0 Å². The third kappa shape index (κ3) is 1.90. The molecule has 1 atom stereocenters. The van der Waals surface area contributed by atoms with Crippen molar-refractivity contribution in [3.63, 3.8) is 0 Å². The van der Waals surface area contributed by atoms with Gasteiger partial charge in [0, 0.05) is 30.7 Å². The number of carboxylic acid groups (broad SMARTS) is 1. The summed E-state index contributed by atoms with van der Waals surface area (Å²) in [6.45, 7) is 2.68. The highest BCUT2D eigenvalue weighted by Gasteiger charge is 2.33. The van der Waals surface area contributed by atoms with Gasteiger partial charge in [-0.1, -0.05) is 15.9 Å². The average molecular weight is 312 g/mol. The van der Waals surface area contributed by atoms with Crippen molar-refractivity contribution in [3.8, 4) is 0 Å². The number of nitrogens with one attached hydrogen (secondary N) is 1. The first kappa shape index (κ1) is 11.6. The quantitative estimate of drug-likeness (QED) is 0.770. The smallest absolute Gasteiger partial charge is 0.407 e.